The van der Waals surface area contributed by atoms with E-state index in [0.29, 0.717) is 14.9 Å². The highest BCUT2D eigenvalue weighted by molar-refractivity contribution is 9.10. The molecule has 4 nitrogen and oxygen atoms in total. The monoisotopic (exact) mass is 488 g/mol. The number of halogens is 1. The molecule has 2 heterocycles. The van der Waals surface area contributed by atoms with E-state index in [-0.39, 0.29) is 17.4 Å². The number of allylic oxidation sites excluding steroid dienone is 1. The van der Waals surface area contributed by atoms with E-state index >= 15 is 0 Å². The molecule has 0 radical (unpaired) electrons. The molecule has 0 saturated heterocycles. The van der Waals surface area contributed by atoms with Gasteiger partial charge in [-0.2, -0.15) is 0 Å². The van der Waals surface area contributed by atoms with E-state index < -0.39 is 0 Å². The Labute approximate surface area is 190 Å². The van der Waals surface area contributed by atoms with E-state index in [1.165, 1.54) is 11.3 Å². The third-order valence-electron chi connectivity index (χ3n) is 5.15. The first kappa shape index (κ1) is 19.7. The maximum atomic E-state index is 13.4. The molecular weight excluding hydrogens is 472 g/mol. The molecule has 0 bridgehead atoms. The normalized spacial score (nSPS) is 15.8. The molecule has 152 valence electrons. The van der Waals surface area contributed by atoms with Crippen molar-refractivity contribution in [3.05, 3.63) is 126 Å². The lowest BCUT2D eigenvalue weighted by atomic mass is 10.0. The summed E-state index contributed by atoms with van der Waals surface area (Å²) < 4.78 is 3.24. The number of para-hydroxylation sites is 1. The fourth-order valence-electron chi connectivity index (χ4n) is 3.60. The summed E-state index contributed by atoms with van der Waals surface area (Å²) in [7, 11) is 0. The van der Waals surface area contributed by atoms with Crippen molar-refractivity contribution < 1.29 is 5.11 Å². The van der Waals surface area contributed by atoms with Crippen LogP contribution >= 0.6 is 27.3 Å². The molecule has 5 rings (SSSR count). The number of rotatable bonds is 3. The summed E-state index contributed by atoms with van der Waals surface area (Å²) in [6.07, 6.45) is 3.76. The summed E-state index contributed by atoms with van der Waals surface area (Å²) in [5.41, 5.74) is 3.33. The van der Waals surface area contributed by atoms with Gasteiger partial charge >= 0.3 is 0 Å². The summed E-state index contributed by atoms with van der Waals surface area (Å²) in [6.45, 7) is 0. The topological polar surface area (TPSA) is 54.6 Å². The molecule has 0 amide bonds. The number of nitrogens with zero attached hydrogens (tertiary/aromatic N) is 2. The van der Waals surface area contributed by atoms with E-state index in [9.17, 15) is 9.90 Å². The van der Waals surface area contributed by atoms with Gasteiger partial charge in [-0.05, 0) is 41.5 Å². The van der Waals surface area contributed by atoms with Crippen LogP contribution in [0.4, 0.5) is 0 Å². The Morgan fingerprint density at radius 3 is 2.42 bits per heavy atom. The first-order valence-corrected chi connectivity index (χ1v) is 11.3. The summed E-state index contributed by atoms with van der Waals surface area (Å²) >= 11 is 4.82. The minimum absolute atomic E-state index is 0.122. The molecule has 0 spiro atoms. The minimum Gasteiger partial charge on any atom is -0.507 e. The summed E-state index contributed by atoms with van der Waals surface area (Å²) in [5.74, 6) is 0.141. The first-order valence-electron chi connectivity index (χ1n) is 9.73. The van der Waals surface area contributed by atoms with E-state index in [1.807, 2.05) is 66.7 Å². The number of aromatic nitrogens is 1. The fraction of sp³-hybridized carbons (Fsp3) is 0.0400. The van der Waals surface area contributed by atoms with E-state index in [4.69, 9.17) is 4.99 Å². The summed E-state index contributed by atoms with van der Waals surface area (Å²) in [6, 6.07) is 24.7. The van der Waals surface area contributed by atoms with Gasteiger partial charge in [0, 0.05) is 10.0 Å². The Morgan fingerprint density at radius 2 is 1.68 bits per heavy atom. The highest BCUT2D eigenvalue weighted by Crippen LogP contribution is 2.27. The molecule has 4 aromatic rings. The molecular formula is C25H17BrN2O2S. The Kier molecular flexibility index (Phi) is 5.18. The van der Waals surface area contributed by atoms with Gasteiger partial charge in [-0.3, -0.25) is 9.36 Å². The van der Waals surface area contributed by atoms with Crippen molar-refractivity contribution >= 4 is 39.0 Å². The number of aromatic hydroxyl groups is 1. The highest BCUT2D eigenvalue weighted by atomic mass is 79.9. The molecule has 1 aliphatic rings. The number of hydrogen-bond acceptors (Lipinski definition) is 4. The quantitative estimate of drug-likeness (QED) is 0.462. The zero-order valence-corrected chi connectivity index (χ0v) is 18.7. The average Bonchev–Trinajstić information content (AvgIpc) is 3.11. The average molecular weight is 489 g/mol. The molecule has 0 saturated carbocycles. The van der Waals surface area contributed by atoms with Gasteiger partial charge in [0.25, 0.3) is 5.56 Å². The van der Waals surface area contributed by atoms with Crippen molar-refractivity contribution in [2.45, 2.75) is 6.04 Å². The van der Waals surface area contributed by atoms with Gasteiger partial charge in [0.15, 0.2) is 4.80 Å². The number of hydrogen-bond donors (Lipinski definition) is 1. The largest absolute Gasteiger partial charge is 0.507 e. The lowest BCUT2D eigenvalue weighted by Gasteiger charge is -2.19. The van der Waals surface area contributed by atoms with Gasteiger partial charge in [0.1, 0.15) is 5.75 Å². The third-order valence-corrected chi connectivity index (χ3v) is 6.66. The van der Waals surface area contributed by atoms with Crippen molar-refractivity contribution in [1.29, 1.82) is 0 Å². The van der Waals surface area contributed by atoms with Crippen LogP contribution in [0.2, 0.25) is 0 Å². The fourth-order valence-corrected chi connectivity index (χ4v) is 4.87. The smallest absolute Gasteiger partial charge is 0.271 e. The second kappa shape index (κ2) is 8.13. The van der Waals surface area contributed by atoms with Crippen molar-refractivity contribution in [3.63, 3.8) is 0 Å². The van der Waals surface area contributed by atoms with E-state index in [2.05, 4.69) is 15.9 Å². The summed E-state index contributed by atoms with van der Waals surface area (Å²) in [4.78, 5) is 18.8. The molecule has 0 aliphatic carbocycles. The Bertz CT molecular complexity index is 1470. The van der Waals surface area contributed by atoms with Gasteiger partial charge in [-0.15, -0.1) is 0 Å². The number of phenolic OH excluding ortho intramolecular Hbond substituents is 1. The lowest BCUT2D eigenvalue weighted by molar-refractivity contribution is 0.474. The van der Waals surface area contributed by atoms with Gasteiger partial charge in [-0.25, -0.2) is 4.99 Å². The zero-order valence-electron chi connectivity index (χ0n) is 16.3. The third kappa shape index (κ3) is 3.80. The Balaban J connectivity index is 1.75. The summed E-state index contributed by atoms with van der Waals surface area (Å²) in [5, 5.41) is 10.1. The molecule has 3 aromatic carbocycles. The maximum absolute atomic E-state index is 13.4. The number of phenols is 1. The van der Waals surface area contributed by atoms with Crippen LogP contribution in [0.3, 0.4) is 0 Å². The van der Waals surface area contributed by atoms with E-state index in [0.717, 1.165) is 21.3 Å². The molecule has 1 aliphatic heterocycles. The highest BCUT2D eigenvalue weighted by Gasteiger charge is 2.22. The molecule has 6 heteroatoms. The first-order chi connectivity index (χ1) is 15.1. The molecule has 1 N–H and O–H groups in total. The molecule has 1 unspecified atom stereocenters. The Morgan fingerprint density at radius 1 is 0.968 bits per heavy atom. The van der Waals surface area contributed by atoms with Gasteiger partial charge in [-0.1, -0.05) is 87.9 Å². The van der Waals surface area contributed by atoms with Crippen LogP contribution in [0.15, 0.2) is 99.2 Å². The van der Waals surface area contributed by atoms with Crippen LogP contribution in [0.5, 0.6) is 5.75 Å². The van der Waals surface area contributed by atoms with Crippen LogP contribution in [-0.4, -0.2) is 9.67 Å². The van der Waals surface area contributed by atoms with Crippen LogP contribution in [0.1, 0.15) is 22.7 Å². The second-order valence-corrected chi connectivity index (χ2v) is 9.08. The van der Waals surface area contributed by atoms with Gasteiger partial charge in [0.2, 0.25) is 0 Å². The predicted octanol–water partition coefficient (Wildman–Crippen LogP) is 4.47. The number of benzene rings is 3. The molecule has 31 heavy (non-hydrogen) atoms. The van der Waals surface area contributed by atoms with Gasteiger partial charge < -0.3 is 5.11 Å². The van der Waals surface area contributed by atoms with Crippen LogP contribution in [-0.2, 0) is 0 Å². The molecule has 0 fully saturated rings. The lowest BCUT2D eigenvalue weighted by Crippen LogP contribution is -2.36. The van der Waals surface area contributed by atoms with Crippen molar-refractivity contribution in [2.24, 2.45) is 4.99 Å². The Hall–Kier alpha value is -3.22. The van der Waals surface area contributed by atoms with E-state index in [1.54, 1.807) is 28.8 Å². The molecule has 1 atom stereocenters. The number of fused-ring (bicyclic) bond motifs is 1. The van der Waals surface area contributed by atoms with Crippen LogP contribution in [0, 0.1) is 0 Å². The minimum atomic E-state index is -0.272. The van der Waals surface area contributed by atoms with Crippen molar-refractivity contribution in [2.75, 3.05) is 0 Å². The predicted molar refractivity (Wildman–Crippen MR) is 128 cm³/mol. The standard InChI is InChI=1S/C25H17BrN2O2S/c26-19-12-10-17(11-13-19)21-15-20(16-6-2-1-3-7-16)27-25-28(21)24(30)23(31-25)14-18-8-4-5-9-22(18)29/h1-15,21,29H. The van der Waals surface area contributed by atoms with Crippen LogP contribution in [0.25, 0.3) is 11.8 Å². The zero-order chi connectivity index (χ0) is 21.4. The number of thiazole rings is 1. The van der Waals surface area contributed by atoms with Crippen molar-refractivity contribution in [3.8, 4) is 5.75 Å². The van der Waals surface area contributed by atoms with Crippen LogP contribution < -0.4 is 14.9 Å². The van der Waals surface area contributed by atoms with Gasteiger partial charge in [0.05, 0.1) is 16.3 Å². The SMILES string of the molecule is O=c1c(=Cc2ccccc2O)sc2n1C(c1ccc(Br)cc1)C=C(c1ccccc1)N=2. The maximum Gasteiger partial charge on any atom is 0.271 e. The van der Waals surface area contributed by atoms with Crippen molar-refractivity contribution in [1.82, 2.24) is 4.57 Å². The molecule has 1 aromatic heterocycles. The second-order valence-electron chi connectivity index (χ2n) is 7.15.